The summed E-state index contributed by atoms with van der Waals surface area (Å²) < 4.78 is 5.33. The van der Waals surface area contributed by atoms with Crippen molar-refractivity contribution >= 4 is 11.8 Å². The summed E-state index contributed by atoms with van der Waals surface area (Å²) in [6, 6.07) is 0. The fourth-order valence-corrected chi connectivity index (χ4v) is 2.68. The van der Waals surface area contributed by atoms with Crippen LogP contribution in [-0.4, -0.2) is 37.3 Å². The Kier molecular flexibility index (Phi) is 4.56. The summed E-state index contributed by atoms with van der Waals surface area (Å²) in [6.45, 7) is 6.33. The van der Waals surface area contributed by atoms with Gasteiger partial charge in [-0.3, -0.25) is 0 Å². The summed E-state index contributed by atoms with van der Waals surface area (Å²) in [7, 11) is 1.77. The van der Waals surface area contributed by atoms with Crippen LogP contribution in [-0.2, 0) is 4.74 Å². The van der Waals surface area contributed by atoms with Gasteiger partial charge < -0.3 is 10.1 Å². The summed E-state index contributed by atoms with van der Waals surface area (Å²) in [5, 5.41) is 3.48. The van der Waals surface area contributed by atoms with Crippen molar-refractivity contribution < 1.29 is 4.74 Å². The largest absolute Gasteiger partial charge is 0.377 e. The number of ether oxygens (including phenoxy) is 1. The molecule has 1 N–H and O–H groups in total. The minimum Gasteiger partial charge on any atom is -0.377 e. The standard InChI is InChI=1S/C10H21NOS/c1-10(2,12-3)8-11-6-9-4-5-13-7-9/h9,11H,4-8H2,1-3H3. The summed E-state index contributed by atoms with van der Waals surface area (Å²) in [6.07, 6.45) is 1.38. The van der Waals surface area contributed by atoms with Crippen LogP contribution < -0.4 is 5.32 Å². The Morgan fingerprint density at radius 3 is 2.85 bits per heavy atom. The van der Waals surface area contributed by atoms with Crippen LogP contribution in [0.2, 0.25) is 0 Å². The maximum absolute atomic E-state index is 5.33. The molecule has 0 radical (unpaired) electrons. The van der Waals surface area contributed by atoms with Gasteiger partial charge in [0.05, 0.1) is 5.60 Å². The minimum absolute atomic E-state index is 0.0221. The third kappa shape index (κ3) is 4.34. The summed E-state index contributed by atoms with van der Waals surface area (Å²) >= 11 is 2.07. The molecule has 0 aromatic rings. The first-order valence-corrected chi connectivity index (χ1v) is 6.13. The fourth-order valence-electron chi connectivity index (χ4n) is 1.39. The molecule has 13 heavy (non-hydrogen) atoms. The van der Waals surface area contributed by atoms with Gasteiger partial charge in [0.15, 0.2) is 0 Å². The Hall–Kier alpha value is 0.270. The summed E-state index contributed by atoms with van der Waals surface area (Å²) in [5.74, 6) is 3.57. The Balaban J connectivity index is 2.06. The molecule has 0 saturated carbocycles. The molecule has 1 atom stereocenters. The maximum atomic E-state index is 5.33. The van der Waals surface area contributed by atoms with Gasteiger partial charge in [0.2, 0.25) is 0 Å². The van der Waals surface area contributed by atoms with Gasteiger partial charge in [0.1, 0.15) is 0 Å². The van der Waals surface area contributed by atoms with Crippen molar-refractivity contribution in [1.82, 2.24) is 5.32 Å². The van der Waals surface area contributed by atoms with E-state index in [1.807, 2.05) is 0 Å². The molecule has 0 bridgehead atoms. The SMILES string of the molecule is COC(C)(C)CNCC1CCSC1. The van der Waals surface area contributed by atoms with Gasteiger partial charge in [-0.1, -0.05) is 0 Å². The monoisotopic (exact) mass is 203 g/mol. The lowest BCUT2D eigenvalue weighted by Gasteiger charge is -2.24. The lowest BCUT2D eigenvalue weighted by Crippen LogP contribution is -2.38. The molecular formula is C10H21NOS. The van der Waals surface area contributed by atoms with Crippen LogP contribution >= 0.6 is 11.8 Å². The van der Waals surface area contributed by atoms with Gasteiger partial charge in [-0.2, -0.15) is 11.8 Å². The Bertz CT molecular complexity index is 144. The highest BCUT2D eigenvalue weighted by molar-refractivity contribution is 7.99. The van der Waals surface area contributed by atoms with Crippen LogP contribution in [0, 0.1) is 5.92 Å². The molecule has 1 aliphatic rings. The van der Waals surface area contributed by atoms with Crippen molar-refractivity contribution in [2.24, 2.45) is 5.92 Å². The molecule has 0 aromatic heterocycles. The van der Waals surface area contributed by atoms with Crippen LogP contribution in [0.4, 0.5) is 0 Å². The van der Waals surface area contributed by atoms with E-state index in [9.17, 15) is 0 Å². The zero-order valence-electron chi connectivity index (χ0n) is 8.93. The van der Waals surface area contributed by atoms with Crippen molar-refractivity contribution in [3.8, 4) is 0 Å². The van der Waals surface area contributed by atoms with Crippen LogP contribution in [0.25, 0.3) is 0 Å². The van der Waals surface area contributed by atoms with Crippen molar-refractivity contribution in [2.45, 2.75) is 25.9 Å². The molecule has 1 saturated heterocycles. The van der Waals surface area contributed by atoms with E-state index >= 15 is 0 Å². The minimum atomic E-state index is -0.0221. The highest BCUT2D eigenvalue weighted by Crippen LogP contribution is 2.22. The fraction of sp³-hybridized carbons (Fsp3) is 1.00. The molecule has 78 valence electrons. The molecule has 2 nitrogen and oxygen atoms in total. The van der Waals surface area contributed by atoms with E-state index in [0.29, 0.717) is 0 Å². The molecule has 1 aliphatic heterocycles. The number of hydrogen-bond acceptors (Lipinski definition) is 3. The van der Waals surface area contributed by atoms with Gasteiger partial charge in [0.25, 0.3) is 0 Å². The van der Waals surface area contributed by atoms with Gasteiger partial charge in [-0.05, 0) is 44.2 Å². The highest BCUT2D eigenvalue weighted by Gasteiger charge is 2.18. The van der Waals surface area contributed by atoms with Gasteiger partial charge in [-0.15, -0.1) is 0 Å². The normalized spacial score (nSPS) is 23.8. The van der Waals surface area contributed by atoms with Gasteiger partial charge in [0, 0.05) is 13.7 Å². The number of rotatable bonds is 5. The quantitative estimate of drug-likeness (QED) is 0.735. The molecule has 1 heterocycles. The Morgan fingerprint density at radius 1 is 1.54 bits per heavy atom. The predicted octanol–water partition coefficient (Wildman–Crippen LogP) is 1.75. The van der Waals surface area contributed by atoms with Gasteiger partial charge in [-0.25, -0.2) is 0 Å². The van der Waals surface area contributed by atoms with Crippen LogP contribution in [0.1, 0.15) is 20.3 Å². The van der Waals surface area contributed by atoms with Crippen molar-refractivity contribution in [3.05, 3.63) is 0 Å². The van der Waals surface area contributed by atoms with E-state index in [1.54, 1.807) is 7.11 Å². The molecule has 3 heteroatoms. The van der Waals surface area contributed by atoms with E-state index < -0.39 is 0 Å². The predicted molar refractivity (Wildman–Crippen MR) is 59.4 cm³/mol. The second-order valence-corrected chi connectivity index (χ2v) is 5.47. The van der Waals surface area contributed by atoms with Crippen LogP contribution in [0.5, 0.6) is 0 Å². The molecule has 1 fully saturated rings. The number of methoxy groups -OCH3 is 1. The van der Waals surface area contributed by atoms with Crippen molar-refractivity contribution in [3.63, 3.8) is 0 Å². The molecule has 0 amide bonds. The molecule has 1 rings (SSSR count). The van der Waals surface area contributed by atoms with E-state index in [1.165, 1.54) is 17.9 Å². The maximum Gasteiger partial charge on any atom is 0.0746 e. The molecular weight excluding hydrogens is 182 g/mol. The first kappa shape index (κ1) is 11.3. The van der Waals surface area contributed by atoms with Crippen LogP contribution in [0.3, 0.4) is 0 Å². The Labute approximate surface area is 85.8 Å². The average Bonchev–Trinajstić information content (AvgIpc) is 2.57. The number of thioether (sulfide) groups is 1. The van der Waals surface area contributed by atoms with Crippen molar-refractivity contribution in [2.75, 3.05) is 31.7 Å². The highest BCUT2D eigenvalue weighted by atomic mass is 32.2. The average molecular weight is 203 g/mol. The van der Waals surface area contributed by atoms with Crippen molar-refractivity contribution in [1.29, 1.82) is 0 Å². The number of hydrogen-bond donors (Lipinski definition) is 1. The molecule has 0 aliphatic carbocycles. The summed E-state index contributed by atoms with van der Waals surface area (Å²) in [4.78, 5) is 0. The number of nitrogens with one attached hydrogen (secondary N) is 1. The van der Waals surface area contributed by atoms with E-state index in [-0.39, 0.29) is 5.60 Å². The lowest BCUT2D eigenvalue weighted by atomic mass is 10.1. The first-order chi connectivity index (χ1) is 6.14. The van der Waals surface area contributed by atoms with Crippen LogP contribution in [0.15, 0.2) is 0 Å². The molecule has 1 unspecified atom stereocenters. The van der Waals surface area contributed by atoms with E-state index in [0.717, 1.165) is 19.0 Å². The summed E-state index contributed by atoms with van der Waals surface area (Å²) in [5.41, 5.74) is -0.0221. The van der Waals surface area contributed by atoms with E-state index in [2.05, 4.69) is 30.9 Å². The first-order valence-electron chi connectivity index (χ1n) is 4.98. The third-order valence-electron chi connectivity index (χ3n) is 2.56. The smallest absolute Gasteiger partial charge is 0.0746 e. The zero-order chi connectivity index (χ0) is 9.73. The van der Waals surface area contributed by atoms with E-state index in [4.69, 9.17) is 4.74 Å². The zero-order valence-corrected chi connectivity index (χ0v) is 9.75. The second kappa shape index (κ2) is 5.23. The molecule has 0 aromatic carbocycles. The van der Waals surface area contributed by atoms with Gasteiger partial charge >= 0.3 is 0 Å². The lowest BCUT2D eigenvalue weighted by molar-refractivity contribution is 0.0228. The second-order valence-electron chi connectivity index (χ2n) is 4.32. The molecule has 0 spiro atoms. The topological polar surface area (TPSA) is 21.3 Å². The Morgan fingerprint density at radius 2 is 2.31 bits per heavy atom. The third-order valence-corrected chi connectivity index (χ3v) is 3.79.